The van der Waals surface area contributed by atoms with E-state index >= 15 is 0 Å². The summed E-state index contributed by atoms with van der Waals surface area (Å²) in [4.78, 5) is 0. The van der Waals surface area contributed by atoms with E-state index in [2.05, 4.69) is 61.9 Å². The summed E-state index contributed by atoms with van der Waals surface area (Å²) in [7, 11) is 0. The lowest BCUT2D eigenvalue weighted by Gasteiger charge is -2.24. The second kappa shape index (κ2) is 5.48. The van der Waals surface area contributed by atoms with Gasteiger partial charge in [-0.2, -0.15) is 10.2 Å². The monoisotopic (exact) mass is 308 g/mol. The first-order chi connectivity index (χ1) is 9.66. The van der Waals surface area contributed by atoms with Crippen LogP contribution in [0.3, 0.4) is 0 Å². The zero-order valence-electron chi connectivity index (χ0n) is 13.8. The van der Waals surface area contributed by atoms with Crippen LogP contribution in [-0.4, -0.2) is 20.4 Å². The van der Waals surface area contributed by atoms with Crippen LogP contribution in [0.2, 0.25) is 5.02 Å². The van der Waals surface area contributed by atoms with Gasteiger partial charge in [0.25, 0.3) is 0 Å². The van der Waals surface area contributed by atoms with E-state index in [0.29, 0.717) is 0 Å². The molecule has 0 radical (unpaired) electrons. The number of rotatable bonds is 4. The Morgan fingerprint density at radius 1 is 1.14 bits per heavy atom. The molecule has 0 aromatic carbocycles. The van der Waals surface area contributed by atoms with Gasteiger partial charge in [0, 0.05) is 22.9 Å². The Balaban J connectivity index is 2.31. The predicted octanol–water partition coefficient (Wildman–Crippen LogP) is 4.17. The Morgan fingerprint density at radius 3 is 2.33 bits per heavy atom. The van der Waals surface area contributed by atoms with Crippen molar-refractivity contribution in [3.63, 3.8) is 0 Å². The number of nitrogens with zero attached hydrogens (tertiary/aromatic N) is 2. The summed E-state index contributed by atoms with van der Waals surface area (Å²) in [5.41, 5.74) is 4.21. The summed E-state index contributed by atoms with van der Waals surface area (Å²) in [6, 6.07) is 0. The zero-order valence-corrected chi connectivity index (χ0v) is 14.5. The number of halogens is 1. The maximum absolute atomic E-state index is 6.53. The van der Waals surface area contributed by atoms with Crippen molar-refractivity contribution < 1.29 is 0 Å². The lowest BCUT2D eigenvalue weighted by molar-refractivity contribution is 0.493. The molecule has 0 saturated heterocycles. The molecule has 2 heterocycles. The van der Waals surface area contributed by atoms with Crippen molar-refractivity contribution in [1.82, 2.24) is 20.4 Å². The topological polar surface area (TPSA) is 57.4 Å². The van der Waals surface area contributed by atoms with Crippen molar-refractivity contribution in [1.29, 1.82) is 0 Å². The number of aromatic nitrogens is 4. The molecule has 2 aromatic rings. The maximum atomic E-state index is 6.53. The largest absolute Gasteiger partial charge is 0.282 e. The van der Waals surface area contributed by atoms with Crippen LogP contribution < -0.4 is 0 Å². The van der Waals surface area contributed by atoms with Gasteiger partial charge in [0.05, 0.1) is 22.6 Å². The highest BCUT2D eigenvalue weighted by molar-refractivity contribution is 6.32. The van der Waals surface area contributed by atoms with E-state index in [0.717, 1.165) is 29.3 Å². The van der Waals surface area contributed by atoms with Crippen molar-refractivity contribution in [2.24, 2.45) is 0 Å². The van der Waals surface area contributed by atoms with Crippen molar-refractivity contribution in [2.45, 2.75) is 65.2 Å². The normalized spacial score (nSPS) is 12.9. The van der Waals surface area contributed by atoms with E-state index in [1.807, 2.05) is 6.20 Å². The lowest BCUT2D eigenvalue weighted by atomic mass is 9.81. The summed E-state index contributed by atoms with van der Waals surface area (Å²) < 4.78 is 0. The van der Waals surface area contributed by atoms with Gasteiger partial charge in [-0.05, 0) is 12.0 Å². The maximum Gasteiger partial charge on any atom is 0.0864 e. The van der Waals surface area contributed by atoms with Gasteiger partial charge in [0.1, 0.15) is 0 Å². The third-order valence-electron chi connectivity index (χ3n) is 3.88. The Bertz CT molecular complexity index is 617. The minimum atomic E-state index is -0.0762. The van der Waals surface area contributed by atoms with Gasteiger partial charge < -0.3 is 0 Å². The predicted molar refractivity (Wildman–Crippen MR) is 87.0 cm³/mol. The quantitative estimate of drug-likeness (QED) is 0.890. The number of hydrogen-bond acceptors (Lipinski definition) is 2. The van der Waals surface area contributed by atoms with Crippen LogP contribution in [-0.2, 0) is 23.7 Å². The average molecular weight is 309 g/mol. The first-order valence-corrected chi connectivity index (χ1v) is 7.80. The fourth-order valence-electron chi connectivity index (χ4n) is 2.67. The van der Waals surface area contributed by atoms with Crippen molar-refractivity contribution in [3.05, 3.63) is 33.9 Å². The molecule has 0 aliphatic carbocycles. The fourth-order valence-corrected chi connectivity index (χ4v) is 3.11. The van der Waals surface area contributed by atoms with Crippen LogP contribution in [0.25, 0.3) is 0 Å². The Hall–Kier alpha value is -1.29. The molecule has 0 spiro atoms. The minimum Gasteiger partial charge on any atom is -0.282 e. The molecule has 21 heavy (non-hydrogen) atoms. The van der Waals surface area contributed by atoms with Crippen molar-refractivity contribution in [3.8, 4) is 0 Å². The van der Waals surface area contributed by atoms with Crippen LogP contribution in [0.4, 0.5) is 0 Å². The highest BCUT2D eigenvalue weighted by atomic mass is 35.5. The Labute approximate surface area is 131 Å². The zero-order chi connectivity index (χ0) is 15.8. The number of aromatic amines is 2. The molecule has 0 amide bonds. The van der Waals surface area contributed by atoms with E-state index in [9.17, 15) is 0 Å². The molecule has 0 aliphatic heterocycles. The van der Waals surface area contributed by atoms with E-state index in [-0.39, 0.29) is 10.8 Å². The van der Waals surface area contributed by atoms with Crippen LogP contribution in [0.5, 0.6) is 0 Å². The Kier molecular flexibility index (Phi) is 4.20. The molecule has 0 saturated carbocycles. The number of aryl methyl sites for hydroxylation is 1. The van der Waals surface area contributed by atoms with Gasteiger partial charge in [-0.25, -0.2) is 0 Å². The summed E-state index contributed by atoms with van der Waals surface area (Å²) in [6.07, 6.45) is 3.68. The number of nitrogens with one attached hydrogen (secondary N) is 2. The molecule has 4 nitrogen and oxygen atoms in total. The smallest absolute Gasteiger partial charge is 0.0864 e. The molecule has 0 aliphatic rings. The molecule has 0 fully saturated rings. The van der Waals surface area contributed by atoms with Crippen LogP contribution >= 0.6 is 11.6 Å². The third kappa shape index (κ3) is 3.15. The van der Waals surface area contributed by atoms with E-state index < -0.39 is 0 Å². The standard InChI is InChI=1S/C16H25ClN4/c1-7-10-9-18-20-13(10)16(5,6)8-11-12(17)14(21-19-11)15(2,3)4/h9H,7-8H2,1-6H3,(H,18,20)(H,19,21). The second-order valence-electron chi connectivity index (χ2n) is 7.30. The van der Waals surface area contributed by atoms with Gasteiger partial charge in [0.2, 0.25) is 0 Å². The molecule has 2 N–H and O–H groups in total. The molecule has 5 heteroatoms. The molecular formula is C16H25ClN4. The van der Waals surface area contributed by atoms with Crippen LogP contribution in [0.15, 0.2) is 6.20 Å². The Morgan fingerprint density at radius 2 is 1.81 bits per heavy atom. The summed E-state index contributed by atoms with van der Waals surface area (Å²) in [6.45, 7) is 12.9. The highest BCUT2D eigenvalue weighted by Gasteiger charge is 2.30. The highest BCUT2D eigenvalue weighted by Crippen LogP contribution is 2.34. The van der Waals surface area contributed by atoms with Gasteiger partial charge in [-0.15, -0.1) is 0 Å². The SMILES string of the molecule is CCc1cn[nH]c1C(C)(C)Cc1[nH]nc(C(C)(C)C)c1Cl. The molecular weight excluding hydrogens is 284 g/mol. The minimum absolute atomic E-state index is 0.0570. The van der Waals surface area contributed by atoms with Gasteiger partial charge in [-0.3, -0.25) is 10.2 Å². The summed E-state index contributed by atoms with van der Waals surface area (Å²) in [5, 5.41) is 15.6. The molecule has 0 bridgehead atoms. The molecule has 0 atom stereocenters. The van der Waals surface area contributed by atoms with Crippen molar-refractivity contribution >= 4 is 11.6 Å². The fraction of sp³-hybridized carbons (Fsp3) is 0.625. The van der Waals surface area contributed by atoms with Gasteiger partial charge in [-0.1, -0.05) is 53.1 Å². The molecule has 0 unspecified atom stereocenters. The lowest BCUT2D eigenvalue weighted by Crippen LogP contribution is -2.23. The molecule has 2 aromatic heterocycles. The number of H-pyrrole nitrogens is 2. The van der Waals surface area contributed by atoms with Crippen LogP contribution in [0, 0.1) is 0 Å². The van der Waals surface area contributed by atoms with Crippen LogP contribution in [0.1, 0.15) is 64.2 Å². The third-order valence-corrected chi connectivity index (χ3v) is 4.29. The van der Waals surface area contributed by atoms with Gasteiger partial charge >= 0.3 is 0 Å². The first kappa shape index (κ1) is 16.1. The van der Waals surface area contributed by atoms with Gasteiger partial charge in [0.15, 0.2) is 0 Å². The number of hydrogen-bond donors (Lipinski definition) is 2. The molecule has 116 valence electrons. The van der Waals surface area contributed by atoms with E-state index in [1.54, 1.807) is 0 Å². The van der Waals surface area contributed by atoms with E-state index in [1.165, 1.54) is 11.3 Å². The summed E-state index contributed by atoms with van der Waals surface area (Å²) in [5.74, 6) is 0. The first-order valence-electron chi connectivity index (χ1n) is 7.42. The summed E-state index contributed by atoms with van der Waals surface area (Å²) >= 11 is 6.53. The average Bonchev–Trinajstić information content (AvgIpc) is 2.96. The van der Waals surface area contributed by atoms with E-state index in [4.69, 9.17) is 11.6 Å². The second-order valence-corrected chi connectivity index (χ2v) is 7.68. The molecule has 2 rings (SSSR count). The van der Waals surface area contributed by atoms with Crippen molar-refractivity contribution in [2.75, 3.05) is 0 Å².